The van der Waals surface area contributed by atoms with Gasteiger partial charge in [0.15, 0.2) is 5.96 Å². The summed E-state index contributed by atoms with van der Waals surface area (Å²) in [4.78, 5) is 15.0. The second-order valence-corrected chi connectivity index (χ2v) is 4.51. The number of halogens is 1. The van der Waals surface area contributed by atoms with Gasteiger partial charge in [-0.15, -0.1) is 0 Å². The molecule has 0 saturated heterocycles. The van der Waals surface area contributed by atoms with Crippen molar-refractivity contribution in [2.75, 3.05) is 20.7 Å². The quantitative estimate of drug-likeness (QED) is 0.349. The Labute approximate surface area is 124 Å². The first-order valence-corrected chi connectivity index (χ1v) is 6.91. The second kappa shape index (κ2) is 9.74. The molecule has 5 nitrogen and oxygen atoms in total. The molecular weight excluding hydrogens is 273 g/mol. The van der Waals surface area contributed by atoms with Gasteiger partial charge < -0.3 is 15.4 Å². The Morgan fingerprint density at radius 3 is 2.57 bits per heavy atom. The summed E-state index contributed by atoms with van der Waals surface area (Å²) in [5.74, 6) is 0.248. The lowest BCUT2D eigenvalue weighted by Gasteiger charge is -2.11. The minimum Gasteiger partial charge on any atom is -0.469 e. The molecule has 0 atom stereocenters. The monoisotopic (exact) mass is 295 g/mol. The molecule has 0 saturated carbocycles. The normalized spacial score (nSPS) is 11.1. The fraction of sp³-hybridized carbons (Fsp3) is 0.467. The molecule has 0 aliphatic carbocycles. The molecule has 0 bridgehead atoms. The van der Waals surface area contributed by atoms with Crippen LogP contribution in [0.4, 0.5) is 4.39 Å². The highest BCUT2D eigenvalue weighted by Gasteiger charge is 2.01. The van der Waals surface area contributed by atoms with Gasteiger partial charge in [0.2, 0.25) is 0 Å². The summed E-state index contributed by atoms with van der Waals surface area (Å²) in [5.41, 5.74) is 0.977. The number of carbonyl (C=O) groups is 1. The molecule has 0 heterocycles. The summed E-state index contributed by atoms with van der Waals surface area (Å²) in [6.45, 7) is 1.29. The first-order valence-electron chi connectivity index (χ1n) is 6.91. The average Bonchev–Trinajstić information content (AvgIpc) is 2.51. The number of ether oxygens (including phenoxy) is 1. The number of rotatable bonds is 7. The van der Waals surface area contributed by atoms with Gasteiger partial charge in [-0.3, -0.25) is 9.79 Å². The molecule has 0 fully saturated rings. The van der Waals surface area contributed by atoms with Crippen LogP contribution in [0.1, 0.15) is 24.8 Å². The maximum Gasteiger partial charge on any atom is 0.305 e. The number of hydrogen-bond donors (Lipinski definition) is 2. The molecular formula is C15H22FN3O2. The van der Waals surface area contributed by atoms with Crippen molar-refractivity contribution in [1.29, 1.82) is 0 Å². The topological polar surface area (TPSA) is 62.7 Å². The first-order chi connectivity index (χ1) is 10.2. The minimum atomic E-state index is -0.244. The first kappa shape index (κ1) is 16.9. The Morgan fingerprint density at radius 2 is 1.95 bits per heavy atom. The summed E-state index contributed by atoms with van der Waals surface area (Å²) in [7, 11) is 3.08. The number of guanidine groups is 1. The van der Waals surface area contributed by atoms with Crippen LogP contribution in [0, 0.1) is 5.82 Å². The molecule has 0 aliphatic rings. The van der Waals surface area contributed by atoms with Gasteiger partial charge in [0.25, 0.3) is 0 Å². The van der Waals surface area contributed by atoms with Crippen LogP contribution in [-0.4, -0.2) is 32.6 Å². The van der Waals surface area contributed by atoms with Crippen LogP contribution in [0.3, 0.4) is 0 Å². The van der Waals surface area contributed by atoms with Crippen LogP contribution < -0.4 is 10.6 Å². The minimum absolute atomic E-state index is 0.186. The lowest BCUT2D eigenvalue weighted by Crippen LogP contribution is -2.37. The number of carbonyl (C=O) groups excluding carboxylic acids is 1. The zero-order valence-corrected chi connectivity index (χ0v) is 12.5. The molecule has 0 amide bonds. The van der Waals surface area contributed by atoms with Crippen LogP contribution in [0.15, 0.2) is 29.3 Å². The van der Waals surface area contributed by atoms with Crippen molar-refractivity contribution >= 4 is 11.9 Å². The number of unbranched alkanes of at least 4 members (excludes halogenated alkanes) is 1. The van der Waals surface area contributed by atoms with Crippen molar-refractivity contribution < 1.29 is 13.9 Å². The van der Waals surface area contributed by atoms with Crippen molar-refractivity contribution in [2.45, 2.75) is 25.8 Å². The maximum absolute atomic E-state index is 12.8. The van der Waals surface area contributed by atoms with Crippen molar-refractivity contribution in [3.63, 3.8) is 0 Å². The molecule has 2 N–H and O–H groups in total. The van der Waals surface area contributed by atoms with E-state index in [9.17, 15) is 9.18 Å². The van der Waals surface area contributed by atoms with E-state index >= 15 is 0 Å². The summed E-state index contributed by atoms with van der Waals surface area (Å²) in [5, 5.41) is 6.30. The molecule has 1 rings (SSSR count). The molecule has 0 aromatic heterocycles. The van der Waals surface area contributed by atoms with Gasteiger partial charge in [-0.25, -0.2) is 4.39 Å². The second-order valence-electron chi connectivity index (χ2n) is 4.51. The van der Waals surface area contributed by atoms with E-state index in [4.69, 9.17) is 0 Å². The summed E-state index contributed by atoms with van der Waals surface area (Å²) in [6, 6.07) is 6.32. The smallest absolute Gasteiger partial charge is 0.305 e. The number of benzene rings is 1. The van der Waals surface area contributed by atoms with Gasteiger partial charge in [-0.2, -0.15) is 0 Å². The third kappa shape index (κ3) is 7.29. The van der Waals surface area contributed by atoms with Crippen LogP contribution in [0.5, 0.6) is 0 Å². The predicted octanol–water partition coefficient (Wildman–Crippen LogP) is 1.83. The average molecular weight is 295 g/mol. The highest BCUT2D eigenvalue weighted by Crippen LogP contribution is 2.02. The van der Waals surface area contributed by atoms with E-state index in [0.717, 1.165) is 24.9 Å². The van der Waals surface area contributed by atoms with Crippen LogP contribution in [0.25, 0.3) is 0 Å². The molecule has 1 aromatic carbocycles. The molecule has 0 radical (unpaired) electrons. The van der Waals surface area contributed by atoms with Gasteiger partial charge in [0.1, 0.15) is 5.82 Å². The van der Waals surface area contributed by atoms with Gasteiger partial charge in [-0.05, 0) is 30.5 Å². The Bertz CT molecular complexity index is 460. The van der Waals surface area contributed by atoms with E-state index in [0.29, 0.717) is 18.9 Å². The summed E-state index contributed by atoms with van der Waals surface area (Å²) in [6.07, 6.45) is 2.06. The van der Waals surface area contributed by atoms with Crippen molar-refractivity contribution in [3.8, 4) is 0 Å². The Kier molecular flexibility index (Phi) is 7.86. The number of hydrogen-bond acceptors (Lipinski definition) is 3. The molecule has 1 aromatic rings. The molecule has 116 valence electrons. The van der Waals surface area contributed by atoms with Gasteiger partial charge in [-0.1, -0.05) is 12.1 Å². The molecule has 21 heavy (non-hydrogen) atoms. The van der Waals surface area contributed by atoms with Gasteiger partial charge in [0.05, 0.1) is 7.11 Å². The molecule has 0 spiro atoms. The van der Waals surface area contributed by atoms with Crippen molar-refractivity contribution in [3.05, 3.63) is 35.6 Å². The van der Waals surface area contributed by atoms with Gasteiger partial charge >= 0.3 is 5.97 Å². The Hall–Kier alpha value is -2.11. The van der Waals surface area contributed by atoms with E-state index in [1.54, 1.807) is 19.2 Å². The highest BCUT2D eigenvalue weighted by molar-refractivity contribution is 5.79. The zero-order valence-electron chi connectivity index (χ0n) is 12.5. The van der Waals surface area contributed by atoms with E-state index in [-0.39, 0.29) is 11.8 Å². The van der Waals surface area contributed by atoms with Gasteiger partial charge in [0, 0.05) is 26.6 Å². The third-order valence-electron chi connectivity index (χ3n) is 2.92. The number of esters is 1. The van der Waals surface area contributed by atoms with Crippen LogP contribution in [0.2, 0.25) is 0 Å². The van der Waals surface area contributed by atoms with E-state index in [1.807, 2.05) is 0 Å². The fourth-order valence-corrected chi connectivity index (χ4v) is 1.71. The largest absolute Gasteiger partial charge is 0.469 e. The summed E-state index contributed by atoms with van der Waals surface area (Å²) >= 11 is 0. The van der Waals surface area contributed by atoms with E-state index in [1.165, 1.54) is 19.2 Å². The number of nitrogens with zero attached hydrogens (tertiary/aromatic N) is 1. The van der Waals surface area contributed by atoms with Crippen LogP contribution >= 0.6 is 0 Å². The lowest BCUT2D eigenvalue weighted by atomic mass is 10.2. The lowest BCUT2D eigenvalue weighted by molar-refractivity contribution is -0.140. The molecule has 0 unspecified atom stereocenters. The van der Waals surface area contributed by atoms with Crippen LogP contribution in [-0.2, 0) is 16.1 Å². The molecule has 6 heteroatoms. The number of nitrogens with one attached hydrogen (secondary N) is 2. The Balaban J connectivity index is 2.20. The van der Waals surface area contributed by atoms with E-state index in [2.05, 4.69) is 20.4 Å². The zero-order chi connectivity index (χ0) is 15.5. The maximum atomic E-state index is 12.8. The van der Waals surface area contributed by atoms with E-state index < -0.39 is 0 Å². The fourth-order valence-electron chi connectivity index (χ4n) is 1.71. The third-order valence-corrected chi connectivity index (χ3v) is 2.92. The SMILES string of the molecule is CN=C(NCCCCC(=O)OC)NCc1ccc(F)cc1. The van der Waals surface area contributed by atoms with Crippen molar-refractivity contribution in [2.24, 2.45) is 4.99 Å². The van der Waals surface area contributed by atoms with Crippen molar-refractivity contribution in [1.82, 2.24) is 10.6 Å². The summed E-state index contributed by atoms with van der Waals surface area (Å²) < 4.78 is 17.4. The Morgan fingerprint density at radius 1 is 1.24 bits per heavy atom. The number of methoxy groups -OCH3 is 1. The highest BCUT2D eigenvalue weighted by atomic mass is 19.1. The standard InChI is InChI=1S/C15H22FN3O2/c1-17-15(18-10-4-3-5-14(20)21-2)19-11-12-6-8-13(16)9-7-12/h6-9H,3-5,10-11H2,1-2H3,(H2,17,18,19). The molecule has 0 aliphatic heterocycles. The number of aliphatic imine (C=N–C) groups is 1. The predicted molar refractivity (Wildman–Crippen MR) is 80.5 cm³/mol.